The summed E-state index contributed by atoms with van der Waals surface area (Å²) in [5, 5.41) is 7.88. The average molecular weight is 217 g/mol. The highest BCUT2D eigenvalue weighted by Crippen LogP contribution is 2.30. The lowest BCUT2D eigenvalue weighted by Crippen LogP contribution is -2.44. The highest BCUT2D eigenvalue weighted by Gasteiger charge is 2.22. The first-order valence-corrected chi connectivity index (χ1v) is 6.18. The number of hydrogen-bond acceptors (Lipinski definition) is 2. The quantitative estimate of drug-likeness (QED) is 0.819. The summed E-state index contributed by atoms with van der Waals surface area (Å²) < 4.78 is 2.23. The third-order valence-electron chi connectivity index (χ3n) is 4.03. The standard InChI is InChI=1S/C13H19N3/c1-9-3-4-13-12(10(9)2)7-15-16(13)8-11-5-14-6-11/h7,11,14H,3-6,8H2,1-2H3. The van der Waals surface area contributed by atoms with Gasteiger partial charge in [0.05, 0.1) is 6.20 Å². The first-order valence-electron chi connectivity index (χ1n) is 6.18. The monoisotopic (exact) mass is 217 g/mol. The van der Waals surface area contributed by atoms with Crippen molar-refractivity contribution in [3.8, 4) is 0 Å². The van der Waals surface area contributed by atoms with Gasteiger partial charge in [-0.1, -0.05) is 5.57 Å². The van der Waals surface area contributed by atoms with Gasteiger partial charge in [-0.25, -0.2) is 0 Å². The van der Waals surface area contributed by atoms with Gasteiger partial charge in [0.1, 0.15) is 0 Å². The zero-order valence-corrected chi connectivity index (χ0v) is 10.1. The van der Waals surface area contributed by atoms with Crippen LogP contribution in [0, 0.1) is 5.92 Å². The molecular weight excluding hydrogens is 198 g/mol. The van der Waals surface area contributed by atoms with Crippen LogP contribution in [-0.2, 0) is 13.0 Å². The van der Waals surface area contributed by atoms with E-state index in [0.29, 0.717) is 0 Å². The van der Waals surface area contributed by atoms with Gasteiger partial charge in [0.15, 0.2) is 0 Å². The number of nitrogens with zero attached hydrogens (tertiary/aromatic N) is 2. The minimum Gasteiger partial charge on any atom is -0.316 e. The van der Waals surface area contributed by atoms with E-state index >= 15 is 0 Å². The summed E-state index contributed by atoms with van der Waals surface area (Å²) in [5.41, 5.74) is 5.81. The van der Waals surface area contributed by atoms with Gasteiger partial charge in [-0.3, -0.25) is 4.68 Å². The summed E-state index contributed by atoms with van der Waals surface area (Å²) in [7, 11) is 0. The Bertz CT molecular complexity index is 438. The minimum absolute atomic E-state index is 0.788. The van der Waals surface area contributed by atoms with E-state index in [-0.39, 0.29) is 0 Å². The Morgan fingerprint density at radius 2 is 2.19 bits per heavy atom. The van der Waals surface area contributed by atoms with Gasteiger partial charge in [-0.05, 0) is 32.3 Å². The Morgan fingerprint density at radius 1 is 1.38 bits per heavy atom. The zero-order valence-electron chi connectivity index (χ0n) is 10.1. The van der Waals surface area contributed by atoms with Gasteiger partial charge in [0.25, 0.3) is 0 Å². The molecule has 1 N–H and O–H groups in total. The van der Waals surface area contributed by atoms with Crippen LogP contribution < -0.4 is 5.32 Å². The van der Waals surface area contributed by atoms with Crippen molar-refractivity contribution in [1.29, 1.82) is 0 Å². The van der Waals surface area contributed by atoms with Crippen molar-refractivity contribution in [2.45, 2.75) is 33.2 Å². The highest BCUT2D eigenvalue weighted by atomic mass is 15.3. The van der Waals surface area contributed by atoms with Crippen LogP contribution in [0.3, 0.4) is 0 Å². The van der Waals surface area contributed by atoms with Gasteiger partial charge in [0, 0.05) is 36.8 Å². The van der Waals surface area contributed by atoms with Crippen molar-refractivity contribution in [2.24, 2.45) is 5.92 Å². The Kier molecular flexibility index (Phi) is 2.36. The summed E-state index contributed by atoms with van der Waals surface area (Å²) in [4.78, 5) is 0. The lowest BCUT2D eigenvalue weighted by Gasteiger charge is -2.28. The van der Waals surface area contributed by atoms with Crippen LogP contribution in [0.5, 0.6) is 0 Å². The first-order chi connectivity index (χ1) is 7.75. The Hall–Kier alpha value is -1.09. The van der Waals surface area contributed by atoms with Crippen LogP contribution in [0.15, 0.2) is 11.8 Å². The number of hydrogen-bond donors (Lipinski definition) is 1. The highest BCUT2D eigenvalue weighted by molar-refractivity contribution is 5.69. The van der Waals surface area contributed by atoms with E-state index in [2.05, 4.69) is 35.1 Å². The van der Waals surface area contributed by atoms with Crippen LogP contribution in [0.25, 0.3) is 5.57 Å². The molecule has 0 aromatic carbocycles. The fourth-order valence-electron chi connectivity index (χ4n) is 2.59. The number of aromatic nitrogens is 2. The molecule has 2 heterocycles. The van der Waals surface area contributed by atoms with E-state index in [0.717, 1.165) is 25.6 Å². The number of rotatable bonds is 2. The summed E-state index contributed by atoms with van der Waals surface area (Å²) >= 11 is 0. The Labute approximate surface area is 96.5 Å². The van der Waals surface area contributed by atoms with Crippen LogP contribution in [0.4, 0.5) is 0 Å². The van der Waals surface area contributed by atoms with Crippen molar-refractivity contribution < 1.29 is 0 Å². The molecule has 1 aromatic heterocycles. The smallest absolute Gasteiger partial charge is 0.0567 e. The molecule has 16 heavy (non-hydrogen) atoms. The number of nitrogens with one attached hydrogen (secondary N) is 1. The van der Waals surface area contributed by atoms with E-state index in [1.807, 2.05) is 0 Å². The van der Waals surface area contributed by atoms with Crippen molar-refractivity contribution in [3.05, 3.63) is 23.0 Å². The van der Waals surface area contributed by atoms with Crippen LogP contribution in [0.1, 0.15) is 31.5 Å². The third-order valence-corrected chi connectivity index (χ3v) is 4.03. The molecule has 0 bridgehead atoms. The summed E-state index contributed by atoms with van der Waals surface area (Å²) in [5.74, 6) is 0.788. The number of fused-ring (bicyclic) bond motifs is 1. The molecule has 86 valence electrons. The molecule has 3 nitrogen and oxygen atoms in total. The minimum atomic E-state index is 0.788. The SMILES string of the molecule is CC1=C(C)c2cnn(CC3CNC3)c2CC1. The summed E-state index contributed by atoms with van der Waals surface area (Å²) in [6, 6.07) is 0. The van der Waals surface area contributed by atoms with Crippen molar-refractivity contribution in [2.75, 3.05) is 13.1 Å². The van der Waals surface area contributed by atoms with Crippen LogP contribution in [-0.4, -0.2) is 22.9 Å². The molecule has 0 saturated carbocycles. The fourth-order valence-corrected chi connectivity index (χ4v) is 2.59. The van der Waals surface area contributed by atoms with E-state index in [1.54, 1.807) is 0 Å². The third kappa shape index (κ3) is 1.50. The predicted molar refractivity (Wildman–Crippen MR) is 65.2 cm³/mol. The predicted octanol–water partition coefficient (Wildman–Crippen LogP) is 1.84. The molecule has 0 radical (unpaired) electrons. The molecule has 3 rings (SSSR count). The molecule has 0 spiro atoms. The first kappa shape index (κ1) is 10.1. The van der Waals surface area contributed by atoms with E-state index in [4.69, 9.17) is 0 Å². The average Bonchev–Trinajstić information content (AvgIpc) is 2.61. The molecule has 2 aliphatic rings. The number of allylic oxidation sites excluding steroid dienone is 2. The second-order valence-corrected chi connectivity index (χ2v) is 5.12. The van der Waals surface area contributed by atoms with Gasteiger partial charge >= 0.3 is 0 Å². The maximum absolute atomic E-state index is 4.56. The van der Waals surface area contributed by atoms with E-state index in [1.165, 1.54) is 35.2 Å². The normalized spacial score (nSPS) is 20.9. The fraction of sp³-hybridized carbons (Fsp3) is 0.615. The summed E-state index contributed by atoms with van der Waals surface area (Å²) in [6.45, 7) is 7.87. The van der Waals surface area contributed by atoms with Crippen molar-refractivity contribution in [3.63, 3.8) is 0 Å². The second-order valence-electron chi connectivity index (χ2n) is 5.12. The van der Waals surface area contributed by atoms with Gasteiger partial charge in [-0.2, -0.15) is 5.10 Å². The van der Waals surface area contributed by atoms with E-state index < -0.39 is 0 Å². The topological polar surface area (TPSA) is 29.9 Å². The molecule has 0 unspecified atom stereocenters. The molecule has 1 aromatic rings. The second kappa shape index (κ2) is 3.74. The molecular formula is C13H19N3. The molecule has 1 fully saturated rings. The van der Waals surface area contributed by atoms with Gasteiger partial charge < -0.3 is 5.32 Å². The molecule has 0 amide bonds. The Morgan fingerprint density at radius 3 is 2.88 bits per heavy atom. The van der Waals surface area contributed by atoms with Crippen LogP contribution in [0.2, 0.25) is 0 Å². The van der Waals surface area contributed by atoms with E-state index in [9.17, 15) is 0 Å². The van der Waals surface area contributed by atoms with Gasteiger partial charge in [-0.15, -0.1) is 0 Å². The van der Waals surface area contributed by atoms with Crippen molar-refractivity contribution >= 4 is 5.57 Å². The lowest BCUT2D eigenvalue weighted by atomic mass is 9.92. The lowest BCUT2D eigenvalue weighted by molar-refractivity contribution is 0.292. The van der Waals surface area contributed by atoms with Crippen molar-refractivity contribution in [1.82, 2.24) is 15.1 Å². The van der Waals surface area contributed by atoms with Crippen LogP contribution >= 0.6 is 0 Å². The maximum Gasteiger partial charge on any atom is 0.0567 e. The molecule has 1 aliphatic carbocycles. The molecule has 0 atom stereocenters. The summed E-state index contributed by atoms with van der Waals surface area (Å²) in [6.07, 6.45) is 4.42. The molecule has 3 heteroatoms. The molecule has 1 saturated heterocycles. The Balaban J connectivity index is 1.89. The molecule has 1 aliphatic heterocycles. The van der Waals surface area contributed by atoms with Gasteiger partial charge in [0.2, 0.25) is 0 Å². The maximum atomic E-state index is 4.56. The largest absolute Gasteiger partial charge is 0.316 e. The zero-order chi connectivity index (χ0) is 11.1.